The summed E-state index contributed by atoms with van der Waals surface area (Å²) in [5.41, 5.74) is 3.81. The highest BCUT2D eigenvalue weighted by molar-refractivity contribution is 6.08. The lowest BCUT2D eigenvalue weighted by Gasteiger charge is -2.23. The van der Waals surface area contributed by atoms with Crippen LogP contribution in [0.4, 0.5) is 5.69 Å². The number of aromatic nitrogens is 1. The molecule has 1 aliphatic heterocycles. The van der Waals surface area contributed by atoms with Crippen molar-refractivity contribution in [2.24, 2.45) is 0 Å². The number of nitrogens with one attached hydrogen (secondary N) is 1. The van der Waals surface area contributed by atoms with Gasteiger partial charge in [-0.3, -0.25) is 14.6 Å². The van der Waals surface area contributed by atoms with Gasteiger partial charge in [-0.15, -0.1) is 0 Å². The van der Waals surface area contributed by atoms with E-state index in [0.29, 0.717) is 12.1 Å². The van der Waals surface area contributed by atoms with Gasteiger partial charge in [0.05, 0.1) is 0 Å². The van der Waals surface area contributed by atoms with Crippen molar-refractivity contribution in [1.82, 2.24) is 10.3 Å². The van der Waals surface area contributed by atoms with Gasteiger partial charge in [0.1, 0.15) is 5.69 Å². The Balaban J connectivity index is 1.52. The van der Waals surface area contributed by atoms with Crippen molar-refractivity contribution < 1.29 is 9.59 Å². The fourth-order valence-corrected chi connectivity index (χ4v) is 3.57. The fourth-order valence-electron chi connectivity index (χ4n) is 3.57. The quantitative estimate of drug-likeness (QED) is 0.762. The number of nitrogens with zero attached hydrogens (tertiary/aromatic N) is 2. The average molecular weight is 371 g/mol. The van der Waals surface area contributed by atoms with Crippen LogP contribution in [0, 0.1) is 0 Å². The first-order valence-electron chi connectivity index (χ1n) is 9.33. The maximum Gasteiger partial charge on any atom is 0.270 e. The molecule has 1 aliphatic rings. The Morgan fingerprint density at radius 2 is 1.82 bits per heavy atom. The monoisotopic (exact) mass is 371 g/mol. The third-order valence-electron chi connectivity index (χ3n) is 4.96. The van der Waals surface area contributed by atoms with E-state index in [9.17, 15) is 9.59 Å². The maximum absolute atomic E-state index is 13.1. The van der Waals surface area contributed by atoms with Crippen LogP contribution in [-0.2, 0) is 13.0 Å². The zero-order valence-corrected chi connectivity index (χ0v) is 15.6. The van der Waals surface area contributed by atoms with Gasteiger partial charge in [-0.05, 0) is 42.7 Å². The highest BCUT2D eigenvalue weighted by Crippen LogP contribution is 2.33. The molecule has 1 aromatic heterocycles. The fraction of sp³-hybridized carbons (Fsp3) is 0.174. The minimum absolute atomic E-state index is 0.0772. The van der Waals surface area contributed by atoms with Gasteiger partial charge in [0.15, 0.2) is 0 Å². The van der Waals surface area contributed by atoms with Gasteiger partial charge in [0.25, 0.3) is 11.8 Å². The Bertz CT molecular complexity index is 1020. The van der Waals surface area contributed by atoms with E-state index < -0.39 is 0 Å². The van der Waals surface area contributed by atoms with Crippen LogP contribution in [0.25, 0.3) is 0 Å². The van der Waals surface area contributed by atoms with Gasteiger partial charge in [0, 0.05) is 30.0 Å². The summed E-state index contributed by atoms with van der Waals surface area (Å²) in [5.74, 6) is -0.412. The van der Waals surface area contributed by atoms with Crippen molar-refractivity contribution in [2.75, 3.05) is 4.90 Å². The summed E-state index contributed by atoms with van der Waals surface area (Å²) in [6.45, 7) is 2.45. The Hall–Kier alpha value is -3.47. The molecule has 0 radical (unpaired) electrons. The molecular weight excluding hydrogens is 350 g/mol. The van der Waals surface area contributed by atoms with E-state index >= 15 is 0 Å². The topological polar surface area (TPSA) is 62.3 Å². The number of rotatable bonds is 4. The standard InChI is InChI=1S/C23H21N3O2/c1-16-13-18-9-5-6-10-21(18)26(16)23(28)19-11-12-24-20(14-19)22(27)25-15-17-7-3-2-4-8-17/h2-12,14,16H,13,15H2,1H3,(H,25,27). The first-order valence-corrected chi connectivity index (χ1v) is 9.33. The molecule has 0 spiro atoms. The lowest BCUT2D eigenvalue weighted by Crippen LogP contribution is -2.36. The van der Waals surface area contributed by atoms with Gasteiger partial charge in [-0.2, -0.15) is 0 Å². The van der Waals surface area contributed by atoms with Gasteiger partial charge in [0.2, 0.25) is 0 Å². The number of anilines is 1. The molecule has 2 amide bonds. The van der Waals surface area contributed by atoms with E-state index in [1.165, 1.54) is 11.8 Å². The molecule has 1 unspecified atom stereocenters. The Morgan fingerprint density at radius 1 is 1.07 bits per heavy atom. The molecule has 0 saturated heterocycles. The zero-order chi connectivity index (χ0) is 19.5. The Kier molecular flexibility index (Phi) is 4.89. The lowest BCUT2D eigenvalue weighted by molar-refractivity contribution is 0.0946. The Morgan fingerprint density at radius 3 is 2.64 bits per heavy atom. The van der Waals surface area contributed by atoms with Crippen LogP contribution in [-0.4, -0.2) is 22.8 Å². The molecule has 1 atom stereocenters. The van der Waals surface area contributed by atoms with Crippen LogP contribution >= 0.6 is 0 Å². The van der Waals surface area contributed by atoms with Crippen LogP contribution in [0.2, 0.25) is 0 Å². The van der Waals surface area contributed by atoms with Crippen molar-refractivity contribution in [3.63, 3.8) is 0 Å². The van der Waals surface area contributed by atoms with E-state index in [2.05, 4.69) is 10.3 Å². The van der Waals surface area contributed by atoms with E-state index in [4.69, 9.17) is 0 Å². The van der Waals surface area contributed by atoms with Gasteiger partial charge in [-0.1, -0.05) is 48.5 Å². The smallest absolute Gasteiger partial charge is 0.270 e. The predicted octanol–water partition coefficient (Wildman–Crippen LogP) is 3.60. The molecule has 5 nitrogen and oxygen atoms in total. The summed E-state index contributed by atoms with van der Waals surface area (Å²) in [5, 5.41) is 2.85. The van der Waals surface area contributed by atoms with Crippen LogP contribution < -0.4 is 10.2 Å². The molecule has 0 fully saturated rings. The van der Waals surface area contributed by atoms with Crippen LogP contribution in [0.1, 0.15) is 38.9 Å². The summed E-state index contributed by atoms with van der Waals surface area (Å²) < 4.78 is 0. The van der Waals surface area contributed by atoms with E-state index in [1.54, 1.807) is 17.0 Å². The summed E-state index contributed by atoms with van der Waals surface area (Å²) in [6, 6.07) is 20.9. The number of pyridine rings is 1. The van der Waals surface area contributed by atoms with Crippen molar-refractivity contribution in [1.29, 1.82) is 0 Å². The van der Waals surface area contributed by atoms with E-state index in [-0.39, 0.29) is 23.6 Å². The van der Waals surface area contributed by atoms with Crippen molar-refractivity contribution in [3.8, 4) is 0 Å². The van der Waals surface area contributed by atoms with Crippen LogP contribution in [0.15, 0.2) is 72.9 Å². The first-order chi connectivity index (χ1) is 13.6. The lowest BCUT2D eigenvalue weighted by atomic mass is 10.1. The summed E-state index contributed by atoms with van der Waals surface area (Å²) in [6.07, 6.45) is 2.34. The van der Waals surface area contributed by atoms with Crippen molar-refractivity contribution in [3.05, 3.63) is 95.3 Å². The summed E-state index contributed by atoms with van der Waals surface area (Å²) >= 11 is 0. The van der Waals surface area contributed by atoms with Gasteiger partial charge < -0.3 is 10.2 Å². The molecule has 3 aromatic rings. The van der Waals surface area contributed by atoms with Crippen LogP contribution in [0.3, 0.4) is 0 Å². The first kappa shape index (κ1) is 17.9. The number of fused-ring (bicyclic) bond motifs is 1. The number of carbonyl (C=O) groups excluding carboxylic acids is 2. The molecule has 2 aromatic carbocycles. The molecule has 0 bridgehead atoms. The SMILES string of the molecule is CC1Cc2ccccc2N1C(=O)c1ccnc(C(=O)NCc2ccccc2)c1. The van der Waals surface area contributed by atoms with Crippen LogP contribution in [0.5, 0.6) is 0 Å². The zero-order valence-electron chi connectivity index (χ0n) is 15.6. The molecule has 140 valence electrons. The Labute approximate surface area is 164 Å². The molecule has 0 aliphatic carbocycles. The minimum atomic E-state index is -0.298. The molecular formula is C23H21N3O2. The number of hydrogen-bond donors (Lipinski definition) is 1. The predicted molar refractivity (Wildman–Crippen MR) is 108 cm³/mol. The van der Waals surface area contributed by atoms with E-state index in [1.807, 2.05) is 61.5 Å². The second-order valence-corrected chi connectivity index (χ2v) is 6.96. The molecule has 2 heterocycles. The maximum atomic E-state index is 13.1. The minimum Gasteiger partial charge on any atom is -0.347 e. The summed E-state index contributed by atoms with van der Waals surface area (Å²) in [7, 11) is 0. The number of benzene rings is 2. The molecule has 0 saturated carbocycles. The second kappa shape index (κ2) is 7.64. The number of hydrogen-bond acceptors (Lipinski definition) is 3. The van der Waals surface area contributed by atoms with Gasteiger partial charge >= 0.3 is 0 Å². The molecule has 1 N–H and O–H groups in total. The highest BCUT2D eigenvalue weighted by atomic mass is 16.2. The largest absolute Gasteiger partial charge is 0.347 e. The molecule has 5 heteroatoms. The third kappa shape index (κ3) is 3.51. The highest BCUT2D eigenvalue weighted by Gasteiger charge is 2.31. The van der Waals surface area contributed by atoms with Crippen molar-refractivity contribution >= 4 is 17.5 Å². The normalized spacial score (nSPS) is 15.2. The number of para-hydroxylation sites is 1. The summed E-state index contributed by atoms with van der Waals surface area (Å²) in [4.78, 5) is 31.6. The second-order valence-electron chi connectivity index (χ2n) is 6.96. The third-order valence-corrected chi connectivity index (χ3v) is 4.96. The van der Waals surface area contributed by atoms with E-state index in [0.717, 1.165) is 17.7 Å². The average Bonchev–Trinajstić information content (AvgIpc) is 3.08. The molecule has 28 heavy (non-hydrogen) atoms. The van der Waals surface area contributed by atoms with Crippen molar-refractivity contribution in [2.45, 2.75) is 25.9 Å². The number of amides is 2. The van der Waals surface area contributed by atoms with Gasteiger partial charge in [-0.25, -0.2) is 0 Å². The number of carbonyl (C=O) groups is 2. The molecule has 4 rings (SSSR count).